The Bertz CT molecular complexity index is 1560. The molecule has 8 nitrogen and oxygen atoms in total. The maximum absolute atomic E-state index is 13.7. The number of carbonyl (C=O) groups excluding carboxylic acids is 2. The van der Waals surface area contributed by atoms with Crippen LogP contribution in [0, 0.1) is 0 Å². The lowest BCUT2D eigenvalue weighted by Crippen LogP contribution is -2.46. The molecule has 0 amide bonds. The number of ether oxygens (including phenoxy) is 3. The van der Waals surface area contributed by atoms with Crippen molar-refractivity contribution in [2.24, 2.45) is 0 Å². The van der Waals surface area contributed by atoms with Gasteiger partial charge in [0.1, 0.15) is 22.5 Å². The fraction of sp³-hybridized carbons (Fsp3) is 0.269. The summed E-state index contributed by atoms with van der Waals surface area (Å²) in [5.74, 6) is -1.37. The Morgan fingerprint density at radius 1 is 1.12 bits per heavy atom. The van der Waals surface area contributed by atoms with Gasteiger partial charge in [-0.15, -0.1) is 0 Å². The molecular weight excluding hydrogens is 440 g/mol. The first-order valence-electron chi connectivity index (χ1n) is 10.7. The zero-order valence-corrected chi connectivity index (χ0v) is 18.9. The molecule has 1 aromatic heterocycles. The lowest BCUT2D eigenvalue weighted by Gasteiger charge is -2.30. The van der Waals surface area contributed by atoms with Crippen LogP contribution in [0.2, 0.25) is 0 Å². The number of benzene rings is 1. The van der Waals surface area contributed by atoms with Gasteiger partial charge in [0.25, 0.3) is 0 Å². The molecule has 4 aliphatic rings. The van der Waals surface area contributed by atoms with Crippen molar-refractivity contribution in [3.05, 3.63) is 68.8 Å². The van der Waals surface area contributed by atoms with Crippen molar-refractivity contribution >= 4 is 34.7 Å². The van der Waals surface area contributed by atoms with Crippen LogP contribution in [0.15, 0.2) is 50.9 Å². The molecule has 1 aromatic carbocycles. The molecule has 0 unspecified atom stereocenters. The monoisotopic (exact) mass is 460 g/mol. The molecule has 0 radical (unpaired) electrons. The molecule has 8 heteroatoms. The summed E-state index contributed by atoms with van der Waals surface area (Å²) in [5, 5.41) is 10.7. The van der Waals surface area contributed by atoms with Crippen LogP contribution in [-0.4, -0.2) is 35.0 Å². The van der Waals surface area contributed by atoms with Gasteiger partial charge in [-0.1, -0.05) is 12.2 Å². The van der Waals surface area contributed by atoms with Crippen molar-refractivity contribution in [1.82, 2.24) is 0 Å². The van der Waals surface area contributed by atoms with Crippen molar-refractivity contribution in [1.29, 1.82) is 0 Å². The summed E-state index contributed by atoms with van der Waals surface area (Å²) in [6.07, 6.45) is 6.05. The van der Waals surface area contributed by atoms with E-state index in [0.29, 0.717) is 16.9 Å². The Morgan fingerprint density at radius 3 is 2.53 bits per heavy atom. The number of hydrogen-bond acceptors (Lipinski definition) is 8. The van der Waals surface area contributed by atoms with Gasteiger partial charge in [0.15, 0.2) is 17.1 Å². The summed E-state index contributed by atoms with van der Waals surface area (Å²) in [6.45, 7) is 9.27. The Balaban J connectivity index is 1.74. The normalized spacial score (nSPS) is 27.5. The lowest BCUT2D eigenvalue weighted by molar-refractivity contribution is -0.126. The standard InChI is InChI=1S/C26H20O8/c1-11(2)14-8-13-20(29)19-15(27)9-16-12(6-7-24(3,4)33-16)21(19)32-23(13)26-18(28)10-17(31-5)22(30)25(14,26)34-26/h6-10,27H,1H2,2-5H3/t25-,26-/m0/s1. The molecule has 0 bridgehead atoms. The topological polar surface area (TPSA) is 116 Å². The molecule has 172 valence electrons. The highest BCUT2D eigenvalue weighted by molar-refractivity contribution is 6.23. The molecule has 2 aliphatic carbocycles. The quantitative estimate of drug-likeness (QED) is 0.679. The second kappa shape index (κ2) is 5.95. The number of hydrogen-bond donors (Lipinski definition) is 1. The maximum Gasteiger partial charge on any atom is 0.237 e. The number of carbonyl (C=O) groups is 2. The average Bonchev–Trinajstić information content (AvgIpc) is 3.49. The third-order valence-corrected chi connectivity index (χ3v) is 6.79. The van der Waals surface area contributed by atoms with E-state index in [0.717, 1.165) is 6.08 Å². The second-order valence-corrected chi connectivity index (χ2v) is 9.43. The Morgan fingerprint density at radius 2 is 1.85 bits per heavy atom. The minimum atomic E-state index is -1.85. The molecule has 6 rings (SSSR count). The highest BCUT2D eigenvalue weighted by atomic mass is 16.7. The average molecular weight is 460 g/mol. The largest absolute Gasteiger partial charge is 0.507 e. The van der Waals surface area contributed by atoms with Gasteiger partial charge in [-0.25, -0.2) is 0 Å². The van der Waals surface area contributed by atoms with Crippen LogP contribution in [0.25, 0.3) is 23.1 Å². The summed E-state index contributed by atoms with van der Waals surface area (Å²) in [4.78, 5) is 40.4. The van der Waals surface area contributed by atoms with E-state index in [1.54, 1.807) is 19.1 Å². The highest BCUT2D eigenvalue weighted by Gasteiger charge is 2.85. The fourth-order valence-electron chi connectivity index (χ4n) is 5.19. The fourth-order valence-corrected chi connectivity index (χ4v) is 5.19. The van der Waals surface area contributed by atoms with Crippen LogP contribution in [0.5, 0.6) is 11.5 Å². The predicted octanol–water partition coefficient (Wildman–Crippen LogP) is 3.30. The Hall–Kier alpha value is -3.91. The number of ketones is 2. The minimum Gasteiger partial charge on any atom is -0.507 e. The van der Waals surface area contributed by atoms with E-state index in [1.807, 2.05) is 13.8 Å². The minimum absolute atomic E-state index is 0.0188. The first-order valence-corrected chi connectivity index (χ1v) is 10.7. The number of fused-ring (bicyclic) bond motifs is 4. The van der Waals surface area contributed by atoms with Crippen molar-refractivity contribution in [2.45, 2.75) is 37.6 Å². The molecule has 0 saturated carbocycles. The number of phenolic OH excluding ortho intramolecular Hbond substituents is 1. The summed E-state index contributed by atoms with van der Waals surface area (Å²) >= 11 is 0. The van der Waals surface area contributed by atoms with E-state index in [2.05, 4.69) is 6.58 Å². The molecular formula is C26H20O8. The lowest BCUT2D eigenvalue weighted by atomic mass is 9.69. The van der Waals surface area contributed by atoms with E-state index >= 15 is 0 Å². The van der Waals surface area contributed by atoms with Gasteiger partial charge in [-0.2, -0.15) is 0 Å². The zero-order chi connectivity index (χ0) is 24.4. The van der Waals surface area contributed by atoms with Gasteiger partial charge in [-0.05, 0) is 44.6 Å². The number of rotatable bonds is 2. The second-order valence-electron chi connectivity index (χ2n) is 9.43. The highest BCUT2D eigenvalue weighted by Crippen LogP contribution is 2.67. The van der Waals surface area contributed by atoms with Crippen LogP contribution in [0.1, 0.15) is 37.7 Å². The van der Waals surface area contributed by atoms with Crippen molar-refractivity contribution < 1.29 is 33.3 Å². The van der Waals surface area contributed by atoms with Gasteiger partial charge < -0.3 is 23.7 Å². The van der Waals surface area contributed by atoms with Crippen LogP contribution < -0.4 is 10.2 Å². The molecule has 1 fully saturated rings. The van der Waals surface area contributed by atoms with Crippen LogP contribution in [0.4, 0.5) is 0 Å². The number of phenols is 1. The number of Topliss-reactive ketones (excluding diaryl/α,β-unsaturated/α-hetero) is 1. The van der Waals surface area contributed by atoms with E-state index in [4.69, 9.17) is 18.6 Å². The van der Waals surface area contributed by atoms with Crippen LogP contribution in [0.3, 0.4) is 0 Å². The molecule has 2 aliphatic heterocycles. The molecule has 2 atom stereocenters. The van der Waals surface area contributed by atoms with Gasteiger partial charge in [0.05, 0.1) is 18.2 Å². The van der Waals surface area contributed by atoms with Gasteiger partial charge >= 0.3 is 0 Å². The first kappa shape index (κ1) is 20.7. The van der Waals surface area contributed by atoms with E-state index in [9.17, 15) is 19.5 Å². The molecule has 1 N–H and O–H groups in total. The number of aromatic hydroxyl groups is 1. The first-order chi connectivity index (χ1) is 16.0. The van der Waals surface area contributed by atoms with Crippen molar-refractivity contribution in [3.8, 4) is 11.5 Å². The number of methoxy groups -OCH3 is 1. The molecule has 0 spiro atoms. The van der Waals surface area contributed by atoms with Gasteiger partial charge in [0, 0.05) is 12.1 Å². The summed E-state index contributed by atoms with van der Waals surface area (Å²) in [6, 6.07) is 1.37. The zero-order valence-electron chi connectivity index (χ0n) is 18.9. The van der Waals surface area contributed by atoms with Gasteiger partial charge in [-0.3, -0.25) is 14.4 Å². The maximum atomic E-state index is 13.7. The Labute approximate surface area is 193 Å². The molecule has 34 heavy (non-hydrogen) atoms. The van der Waals surface area contributed by atoms with Crippen molar-refractivity contribution in [3.63, 3.8) is 0 Å². The summed E-state index contributed by atoms with van der Waals surface area (Å²) < 4.78 is 23.3. The van der Waals surface area contributed by atoms with E-state index < -0.39 is 33.8 Å². The SMILES string of the molecule is C=C(C)C1=Cc2c(oc3c4c(cc(O)c3c2=O)OC(C)(C)C=C4)[C@]23O[C@]12C(=O)C(OC)=CC3=O. The molecule has 1 saturated heterocycles. The smallest absolute Gasteiger partial charge is 0.237 e. The summed E-state index contributed by atoms with van der Waals surface area (Å²) in [5.41, 5.74) is -3.55. The number of epoxide rings is 1. The Kier molecular flexibility index (Phi) is 3.62. The predicted molar refractivity (Wildman–Crippen MR) is 121 cm³/mol. The van der Waals surface area contributed by atoms with Crippen LogP contribution in [-0.2, 0) is 24.7 Å². The third kappa shape index (κ3) is 2.14. The molecule has 2 aromatic rings. The van der Waals surface area contributed by atoms with Crippen LogP contribution >= 0.6 is 0 Å². The van der Waals surface area contributed by atoms with Crippen molar-refractivity contribution in [2.75, 3.05) is 7.11 Å². The molecule has 3 heterocycles. The summed E-state index contributed by atoms with van der Waals surface area (Å²) in [7, 11) is 1.29. The third-order valence-electron chi connectivity index (χ3n) is 6.79. The van der Waals surface area contributed by atoms with E-state index in [1.165, 1.54) is 19.3 Å². The van der Waals surface area contributed by atoms with Gasteiger partial charge in [0.2, 0.25) is 28.2 Å². The van der Waals surface area contributed by atoms with E-state index in [-0.39, 0.29) is 39.4 Å².